The largest absolute Gasteiger partial charge is 0.288 e. The van der Waals surface area contributed by atoms with Gasteiger partial charge in [0.2, 0.25) is 15.8 Å². The van der Waals surface area contributed by atoms with E-state index < -0.39 is 10.0 Å². The van der Waals surface area contributed by atoms with Crippen LogP contribution in [0.1, 0.15) is 25.7 Å². The average molecular weight is 386 g/mol. The van der Waals surface area contributed by atoms with E-state index in [1.807, 2.05) is 48.5 Å². The standard InChI is InChI=1S/C20H19NO3S2/c22-20(17-9-5-2-6-10-17)19-12-11-18(25-19)15-21-26(23,24)14-13-16-7-3-1-4-8-16/h1-12,21H,13-15H2. The molecule has 134 valence electrons. The van der Waals surface area contributed by atoms with Gasteiger partial charge in [0, 0.05) is 17.0 Å². The Hall–Kier alpha value is -2.28. The molecule has 0 unspecified atom stereocenters. The van der Waals surface area contributed by atoms with Crippen LogP contribution in [0.2, 0.25) is 0 Å². The summed E-state index contributed by atoms with van der Waals surface area (Å²) in [6.45, 7) is 0.198. The highest BCUT2D eigenvalue weighted by atomic mass is 32.2. The van der Waals surface area contributed by atoms with Crippen molar-refractivity contribution in [3.8, 4) is 0 Å². The molecule has 0 saturated carbocycles. The molecule has 26 heavy (non-hydrogen) atoms. The highest BCUT2D eigenvalue weighted by molar-refractivity contribution is 7.89. The fourth-order valence-corrected chi connectivity index (χ4v) is 4.50. The zero-order chi connectivity index (χ0) is 18.4. The molecule has 0 atom stereocenters. The second kappa shape index (κ2) is 8.40. The Bertz CT molecular complexity index is 965. The van der Waals surface area contributed by atoms with E-state index in [0.29, 0.717) is 16.9 Å². The smallest absolute Gasteiger partial charge is 0.212 e. The normalized spacial score (nSPS) is 11.4. The number of ketones is 1. The number of carbonyl (C=O) groups excluding carboxylic acids is 1. The Labute approximate surface area is 157 Å². The minimum absolute atomic E-state index is 0.0399. The van der Waals surface area contributed by atoms with E-state index in [1.54, 1.807) is 24.3 Å². The van der Waals surface area contributed by atoms with E-state index >= 15 is 0 Å². The van der Waals surface area contributed by atoms with Gasteiger partial charge in [0.25, 0.3) is 0 Å². The van der Waals surface area contributed by atoms with Crippen LogP contribution in [0.5, 0.6) is 0 Å². The third kappa shape index (κ3) is 5.11. The molecular formula is C20H19NO3S2. The topological polar surface area (TPSA) is 63.2 Å². The molecule has 0 aliphatic rings. The number of hydrogen-bond acceptors (Lipinski definition) is 4. The molecule has 0 spiro atoms. The number of rotatable bonds is 8. The molecule has 1 N–H and O–H groups in total. The maximum Gasteiger partial charge on any atom is 0.212 e. The molecule has 0 aliphatic carbocycles. The second-order valence-corrected chi connectivity index (χ2v) is 8.93. The number of aryl methyl sites for hydroxylation is 1. The van der Waals surface area contributed by atoms with E-state index in [2.05, 4.69) is 4.72 Å². The number of thiophene rings is 1. The van der Waals surface area contributed by atoms with Crippen molar-refractivity contribution in [2.24, 2.45) is 0 Å². The van der Waals surface area contributed by atoms with Crippen LogP contribution in [0.4, 0.5) is 0 Å². The third-order valence-electron chi connectivity index (χ3n) is 3.89. The van der Waals surface area contributed by atoms with Gasteiger partial charge in [-0.1, -0.05) is 60.7 Å². The van der Waals surface area contributed by atoms with Crippen LogP contribution in [0.3, 0.4) is 0 Å². The van der Waals surface area contributed by atoms with E-state index in [9.17, 15) is 13.2 Å². The summed E-state index contributed by atoms with van der Waals surface area (Å²) in [5, 5.41) is 0. The fourth-order valence-electron chi connectivity index (χ4n) is 2.48. The van der Waals surface area contributed by atoms with Gasteiger partial charge < -0.3 is 0 Å². The van der Waals surface area contributed by atoms with Crippen LogP contribution in [-0.4, -0.2) is 20.0 Å². The summed E-state index contributed by atoms with van der Waals surface area (Å²) in [5.41, 5.74) is 1.62. The highest BCUT2D eigenvalue weighted by Gasteiger charge is 2.14. The Balaban J connectivity index is 1.56. The first-order chi connectivity index (χ1) is 12.5. The van der Waals surface area contributed by atoms with Gasteiger partial charge in [-0.05, 0) is 24.1 Å². The Morgan fingerprint density at radius 2 is 1.54 bits per heavy atom. The van der Waals surface area contributed by atoms with Crippen LogP contribution >= 0.6 is 11.3 Å². The van der Waals surface area contributed by atoms with Crippen molar-refractivity contribution in [2.45, 2.75) is 13.0 Å². The van der Waals surface area contributed by atoms with Crippen molar-refractivity contribution in [2.75, 3.05) is 5.75 Å². The highest BCUT2D eigenvalue weighted by Crippen LogP contribution is 2.20. The van der Waals surface area contributed by atoms with Crippen molar-refractivity contribution in [1.82, 2.24) is 4.72 Å². The van der Waals surface area contributed by atoms with Crippen LogP contribution in [0, 0.1) is 0 Å². The molecule has 0 bridgehead atoms. The van der Waals surface area contributed by atoms with Gasteiger partial charge in [-0.15, -0.1) is 11.3 Å². The lowest BCUT2D eigenvalue weighted by molar-refractivity contribution is 0.104. The quantitative estimate of drug-likeness (QED) is 0.602. The fraction of sp³-hybridized carbons (Fsp3) is 0.150. The summed E-state index contributed by atoms with van der Waals surface area (Å²) in [5.74, 6) is -0.00755. The predicted octanol–water partition coefficient (Wildman–Crippen LogP) is 3.64. The molecule has 4 nitrogen and oxygen atoms in total. The first kappa shape index (κ1) is 18.5. The molecule has 0 aliphatic heterocycles. The van der Waals surface area contributed by atoms with Crippen molar-refractivity contribution >= 4 is 27.1 Å². The molecule has 3 rings (SSSR count). The van der Waals surface area contributed by atoms with Crippen LogP contribution in [0.25, 0.3) is 0 Å². The van der Waals surface area contributed by atoms with Crippen LogP contribution < -0.4 is 4.72 Å². The summed E-state index contributed by atoms with van der Waals surface area (Å²) in [7, 11) is -3.37. The van der Waals surface area contributed by atoms with E-state index in [-0.39, 0.29) is 18.1 Å². The molecule has 0 fully saturated rings. The molecule has 0 saturated heterocycles. The van der Waals surface area contributed by atoms with Gasteiger partial charge in [0.1, 0.15) is 0 Å². The molecule has 2 aromatic carbocycles. The molecule has 6 heteroatoms. The first-order valence-corrected chi connectivity index (χ1v) is 10.7. The maximum atomic E-state index is 12.4. The van der Waals surface area contributed by atoms with Gasteiger partial charge >= 0.3 is 0 Å². The lowest BCUT2D eigenvalue weighted by atomic mass is 10.1. The maximum absolute atomic E-state index is 12.4. The Morgan fingerprint density at radius 3 is 2.23 bits per heavy atom. The molecule has 0 radical (unpaired) electrons. The SMILES string of the molecule is O=C(c1ccccc1)c1ccc(CNS(=O)(=O)CCc2ccccc2)s1. The van der Waals surface area contributed by atoms with Crippen LogP contribution in [-0.2, 0) is 23.0 Å². The first-order valence-electron chi connectivity index (χ1n) is 8.23. The number of nitrogens with one attached hydrogen (secondary N) is 1. The molecule has 3 aromatic rings. The molecule has 1 aromatic heterocycles. The number of benzene rings is 2. The predicted molar refractivity (Wildman–Crippen MR) is 105 cm³/mol. The van der Waals surface area contributed by atoms with Crippen molar-refractivity contribution in [1.29, 1.82) is 0 Å². The van der Waals surface area contributed by atoms with Gasteiger partial charge in [-0.2, -0.15) is 0 Å². The zero-order valence-corrected chi connectivity index (χ0v) is 15.7. The summed E-state index contributed by atoms with van der Waals surface area (Å²) >= 11 is 1.31. The third-order valence-corrected chi connectivity index (χ3v) is 6.30. The van der Waals surface area contributed by atoms with E-state index in [1.165, 1.54) is 11.3 Å². The van der Waals surface area contributed by atoms with Crippen molar-refractivity contribution in [3.63, 3.8) is 0 Å². The molecule has 0 amide bonds. The number of carbonyl (C=O) groups is 1. The Kier molecular flexibility index (Phi) is 5.98. The second-order valence-electron chi connectivity index (χ2n) is 5.84. The number of hydrogen-bond donors (Lipinski definition) is 1. The van der Waals surface area contributed by atoms with Crippen LogP contribution in [0.15, 0.2) is 72.8 Å². The van der Waals surface area contributed by atoms with Crippen molar-refractivity contribution < 1.29 is 13.2 Å². The molecular weight excluding hydrogens is 366 g/mol. The van der Waals surface area contributed by atoms with Gasteiger partial charge in [0.15, 0.2) is 0 Å². The lowest BCUT2D eigenvalue weighted by Crippen LogP contribution is -2.26. The summed E-state index contributed by atoms with van der Waals surface area (Å²) in [6, 6.07) is 22.1. The zero-order valence-electron chi connectivity index (χ0n) is 14.1. The average Bonchev–Trinajstić information content (AvgIpc) is 3.15. The van der Waals surface area contributed by atoms with Gasteiger partial charge in [-0.25, -0.2) is 13.1 Å². The lowest BCUT2D eigenvalue weighted by Gasteiger charge is -2.05. The summed E-state index contributed by atoms with van der Waals surface area (Å²) in [4.78, 5) is 13.8. The summed E-state index contributed by atoms with van der Waals surface area (Å²) in [6.07, 6.45) is 0.471. The monoisotopic (exact) mass is 385 g/mol. The van der Waals surface area contributed by atoms with Crippen molar-refractivity contribution in [3.05, 3.63) is 93.7 Å². The Morgan fingerprint density at radius 1 is 0.885 bits per heavy atom. The molecule has 1 heterocycles. The minimum Gasteiger partial charge on any atom is -0.288 e. The van der Waals surface area contributed by atoms with Gasteiger partial charge in [-0.3, -0.25) is 4.79 Å². The summed E-state index contributed by atoms with van der Waals surface area (Å²) < 4.78 is 26.9. The number of sulfonamides is 1. The minimum atomic E-state index is -3.37. The van der Waals surface area contributed by atoms with E-state index in [0.717, 1.165) is 10.4 Å². The van der Waals surface area contributed by atoms with E-state index in [4.69, 9.17) is 0 Å². The van der Waals surface area contributed by atoms with Gasteiger partial charge in [0.05, 0.1) is 10.6 Å².